The Bertz CT molecular complexity index is 549. The first-order valence-corrected chi connectivity index (χ1v) is 6.48. The SMILES string of the molecule is CNC(C)c1ccc(Oc2cc(C)ccc2C)nc1. The minimum absolute atomic E-state index is 0.294. The maximum atomic E-state index is 5.83. The van der Waals surface area contributed by atoms with Gasteiger partial charge in [-0.2, -0.15) is 0 Å². The molecule has 0 aliphatic carbocycles. The van der Waals surface area contributed by atoms with Crippen LogP contribution in [0.2, 0.25) is 0 Å². The van der Waals surface area contributed by atoms with Crippen molar-refractivity contribution in [2.75, 3.05) is 7.05 Å². The standard InChI is InChI=1S/C16H20N2O/c1-11-5-6-12(2)15(9-11)19-16-8-7-14(10-18-16)13(3)17-4/h5-10,13,17H,1-4H3. The average Bonchev–Trinajstić information content (AvgIpc) is 2.43. The summed E-state index contributed by atoms with van der Waals surface area (Å²) in [4.78, 5) is 4.35. The molecule has 1 N–H and O–H groups in total. The highest BCUT2D eigenvalue weighted by Crippen LogP contribution is 2.25. The highest BCUT2D eigenvalue weighted by molar-refractivity contribution is 5.38. The summed E-state index contributed by atoms with van der Waals surface area (Å²) in [5.74, 6) is 1.49. The fourth-order valence-corrected chi connectivity index (χ4v) is 1.80. The second-order valence-electron chi connectivity index (χ2n) is 4.81. The first-order chi connectivity index (χ1) is 9.10. The van der Waals surface area contributed by atoms with Crippen LogP contribution in [0.3, 0.4) is 0 Å². The quantitative estimate of drug-likeness (QED) is 0.904. The molecule has 0 bridgehead atoms. The van der Waals surface area contributed by atoms with Crippen molar-refractivity contribution >= 4 is 0 Å². The Morgan fingerprint density at radius 1 is 1.16 bits per heavy atom. The molecule has 19 heavy (non-hydrogen) atoms. The van der Waals surface area contributed by atoms with Crippen molar-refractivity contribution in [3.8, 4) is 11.6 Å². The Hall–Kier alpha value is -1.87. The van der Waals surface area contributed by atoms with Gasteiger partial charge in [0.05, 0.1) is 0 Å². The molecule has 100 valence electrons. The third kappa shape index (κ3) is 3.32. The topological polar surface area (TPSA) is 34.1 Å². The Labute approximate surface area is 114 Å². The maximum absolute atomic E-state index is 5.83. The number of hydrogen-bond acceptors (Lipinski definition) is 3. The highest BCUT2D eigenvalue weighted by Gasteiger charge is 2.05. The molecular formula is C16H20N2O. The van der Waals surface area contributed by atoms with Gasteiger partial charge in [0.15, 0.2) is 0 Å². The minimum atomic E-state index is 0.294. The van der Waals surface area contributed by atoms with Crippen LogP contribution >= 0.6 is 0 Å². The van der Waals surface area contributed by atoms with E-state index in [2.05, 4.69) is 36.3 Å². The van der Waals surface area contributed by atoms with Gasteiger partial charge in [0.25, 0.3) is 0 Å². The molecule has 0 aliphatic heterocycles. The Morgan fingerprint density at radius 2 is 1.95 bits per heavy atom. The lowest BCUT2D eigenvalue weighted by molar-refractivity contribution is 0.458. The van der Waals surface area contributed by atoms with Gasteiger partial charge in [0, 0.05) is 18.3 Å². The van der Waals surface area contributed by atoms with Crippen LogP contribution < -0.4 is 10.1 Å². The molecule has 1 atom stereocenters. The van der Waals surface area contributed by atoms with Crippen LogP contribution in [0.5, 0.6) is 11.6 Å². The van der Waals surface area contributed by atoms with Crippen LogP contribution in [0.4, 0.5) is 0 Å². The predicted octanol–water partition coefficient (Wildman–Crippen LogP) is 3.77. The van der Waals surface area contributed by atoms with Crippen LogP contribution in [0, 0.1) is 13.8 Å². The van der Waals surface area contributed by atoms with Gasteiger partial charge in [-0.15, -0.1) is 0 Å². The maximum Gasteiger partial charge on any atom is 0.219 e. The molecule has 1 unspecified atom stereocenters. The van der Waals surface area contributed by atoms with Crippen LogP contribution in [0.1, 0.15) is 29.7 Å². The number of nitrogens with zero attached hydrogens (tertiary/aromatic N) is 1. The van der Waals surface area contributed by atoms with E-state index in [1.807, 2.05) is 38.4 Å². The summed E-state index contributed by atoms with van der Waals surface area (Å²) in [5.41, 5.74) is 3.44. The molecule has 1 aromatic carbocycles. The lowest BCUT2D eigenvalue weighted by Crippen LogP contribution is -2.12. The Balaban J connectivity index is 2.17. The van der Waals surface area contributed by atoms with Gasteiger partial charge >= 0.3 is 0 Å². The molecule has 0 radical (unpaired) electrons. The fraction of sp³-hybridized carbons (Fsp3) is 0.312. The monoisotopic (exact) mass is 256 g/mol. The summed E-state index contributed by atoms with van der Waals surface area (Å²) >= 11 is 0. The smallest absolute Gasteiger partial charge is 0.219 e. The van der Waals surface area contributed by atoms with E-state index < -0.39 is 0 Å². The lowest BCUT2D eigenvalue weighted by Gasteiger charge is -2.12. The summed E-state index contributed by atoms with van der Waals surface area (Å²) in [6.45, 7) is 6.19. The molecule has 0 fully saturated rings. The number of aryl methyl sites for hydroxylation is 2. The molecule has 0 saturated heterocycles. The van der Waals surface area contributed by atoms with E-state index in [1.54, 1.807) is 0 Å². The second kappa shape index (κ2) is 5.85. The molecule has 3 nitrogen and oxygen atoms in total. The number of hydrogen-bond donors (Lipinski definition) is 1. The molecular weight excluding hydrogens is 236 g/mol. The van der Waals surface area contributed by atoms with Gasteiger partial charge in [-0.05, 0) is 50.6 Å². The fourth-order valence-electron chi connectivity index (χ4n) is 1.80. The largest absolute Gasteiger partial charge is 0.439 e. The molecule has 3 heteroatoms. The Kier molecular flexibility index (Phi) is 4.17. The number of pyridine rings is 1. The molecule has 0 spiro atoms. The summed E-state index contributed by atoms with van der Waals surface area (Å²) in [5, 5.41) is 3.19. The van der Waals surface area contributed by atoms with Gasteiger partial charge < -0.3 is 10.1 Å². The van der Waals surface area contributed by atoms with E-state index >= 15 is 0 Å². The van der Waals surface area contributed by atoms with Crippen LogP contribution in [0.15, 0.2) is 36.5 Å². The van der Waals surface area contributed by atoms with Crippen LogP contribution in [0.25, 0.3) is 0 Å². The normalized spacial score (nSPS) is 12.2. The highest BCUT2D eigenvalue weighted by atomic mass is 16.5. The van der Waals surface area contributed by atoms with E-state index in [0.717, 1.165) is 16.9 Å². The molecule has 0 saturated carbocycles. The number of ether oxygens (including phenoxy) is 1. The zero-order valence-corrected chi connectivity index (χ0v) is 11.9. The van der Waals surface area contributed by atoms with E-state index in [1.165, 1.54) is 5.56 Å². The summed E-state index contributed by atoms with van der Waals surface area (Å²) in [6.07, 6.45) is 1.85. The molecule has 0 aliphatic rings. The number of aromatic nitrogens is 1. The summed E-state index contributed by atoms with van der Waals surface area (Å²) < 4.78 is 5.83. The van der Waals surface area contributed by atoms with Gasteiger partial charge in [-0.3, -0.25) is 0 Å². The van der Waals surface area contributed by atoms with Gasteiger partial charge in [-0.1, -0.05) is 18.2 Å². The summed E-state index contributed by atoms with van der Waals surface area (Å²) in [6, 6.07) is 10.4. The summed E-state index contributed by atoms with van der Waals surface area (Å²) in [7, 11) is 1.94. The van der Waals surface area contributed by atoms with Crippen molar-refractivity contribution in [3.05, 3.63) is 53.2 Å². The minimum Gasteiger partial charge on any atom is -0.439 e. The van der Waals surface area contributed by atoms with E-state index in [-0.39, 0.29) is 0 Å². The van der Waals surface area contributed by atoms with Crippen molar-refractivity contribution in [2.24, 2.45) is 0 Å². The zero-order valence-electron chi connectivity index (χ0n) is 11.9. The zero-order chi connectivity index (χ0) is 13.8. The molecule has 0 amide bonds. The van der Waals surface area contributed by atoms with Gasteiger partial charge in [-0.25, -0.2) is 4.98 Å². The van der Waals surface area contributed by atoms with Crippen molar-refractivity contribution < 1.29 is 4.74 Å². The van der Waals surface area contributed by atoms with Crippen LogP contribution in [-0.4, -0.2) is 12.0 Å². The van der Waals surface area contributed by atoms with Crippen LogP contribution in [-0.2, 0) is 0 Å². The molecule has 2 rings (SSSR count). The first-order valence-electron chi connectivity index (χ1n) is 6.48. The second-order valence-corrected chi connectivity index (χ2v) is 4.81. The number of rotatable bonds is 4. The number of nitrogens with one attached hydrogen (secondary N) is 1. The average molecular weight is 256 g/mol. The van der Waals surface area contributed by atoms with E-state index in [9.17, 15) is 0 Å². The molecule has 1 aromatic heterocycles. The lowest BCUT2D eigenvalue weighted by atomic mass is 10.1. The van der Waals surface area contributed by atoms with Crippen molar-refractivity contribution in [1.82, 2.24) is 10.3 Å². The van der Waals surface area contributed by atoms with Gasteiger partial charge in [0.2, 0.25) is 5.88 Å². The van der Waals surface area contributed by atoms with E-state index in [0.29, 0.717) is 11.9 Å². The van der Waals surface area contributed by atoms with Crippen molar-refractivity contribution in [2.45, 2.75) is 26.8 Å². The Morgan fingerprint density at radius 3 is 2.58 bits per heavy atom. The molecule has 2 aromatic rings. The first kappa shape index (κ1) is 13.6. The third-order valence-corrected chi connectivity index (χ3v) is 3.25. The third-order valence-electron chi connectivity index (χ3n) is 3.25. The molecule has 1 heterocycles. The van der Waals surface area contributed by atoms with E-state index in [4.69, 9.17) is 4.74 Å². The number of benzene rings is 1. The van der Waals surface area contributed by atoms with Crippen molar-refractivity contribution in [3.63, 3.8) is 0 Å². The van der Waals surface area contributed by atoms with Gasteiger partial charge in [0.1, 0.15) is 5.75 Å². The predicted molar refractivity (Wildman–Crippen MR) is 77.7 cm³/mol. The van der Waals surface area contributed by atoms with Crippen molar-refractivity contribution in [1.29, 1.82) is 0 Å².